The fourth-order valence-electron chi connectivity index (χ4n) is 1.98. The molecule has 1 rings (SSSR count). The average molecular weight is 442 g/mol. The summed E-state index contributed by atoms with van der Waals surface area (Å²) in [5, 5.41) is -0.818. The molecule has 0 saturated carbocycles. The Morgan fingerprint density at radius 1 is 1.32 bits per heavy atom. The molecule has 1 aromatic rings. The second-order valence-electron chi connectivity index (χ2n) is 5.50. The Morgan fingerprint density at radius 2 is 1.93 bits per heavy atom. The van der Waals surface area contributed by atoms with Crippen LogP contribution in [0.1, 0.15) is 13.8 Å². The van der Waals surface area contributed by atoms with E-state index in [0.717, 1.165) is 30.8 Å². The van der Waals surface area contributed by atoms with Crippen LogP contribution >= 0.6 is 23.4 Å². The molecule has 2 amide bonds. The highest BCUT2D eigenvalue weighted by molar-refractivity contribution is 8.00. The molecule has 0 spiro atoms. The topological polar surface area (TPSA) is 63.7 Å². The molecular formula is C17H16ClF4NO4S. The molecular weight excluding hydrogens is 426 g/mol. The zero-order valence-corrected chi connectivity index (χ0v) is 16.5. The standard InChI is InChI=1S/C17H16ClF4NO4S/c1-9(17(20,21)22)4-16(26)23(10(2)25)14-6-15(12(18)5-13(14)19)28-11(7-24)8-27-3/h4-7,11H,8H2,1-3H3/b9-4+. The van der Waals surface area contributed by atoms with Gasteiger partial charge in [0.25, 0.3) is 5.91 Å². The highest BCUT2D eigenvalue weighted by atomic mass is 35.5. The summed E-state index contributed by atoms with van der Waals surface area (Å²) in [5.41, 5.74) is -1.84. The summed E-state index contributed by atoms with van der Waals surface area (Å²) in [5.74, 6) is -3.47. The van der Waals surface area contributed by atoms with Crippen molar-refractivity contribution in [3.05, 3.63) is 34.6 Å². The van der Waals surface area contributed by atoms with Gasteiger partial charge in [-0.1, -0.05) is 11.6 Å². The SMILES string of the molecule is COCC(C=O)Sc1cc(N(C(C)=O)C(=O)/C=C(\C)C(F)(F)F)c(F)cc1Cl. The first-order valence-electron chi connectivity index (χ1n) is 7.62. The number of halogens is 5. The van der Waals surface area contributed by atoms with Gasteiger partial charge in [0, 0.05) is 30.6 Å². The van der Waals surface area contributed by atoms with E-state index in [1.54, 1.807) is 0 Å². The minimum Gasteiger partial charge on any atom is -0.383 e. The monoisotopic (exact) mass is 441 g/mol. The summed E-state index contributed by atoms with van der Waals surface area (Å²) in [7, 11) is 1.36. The van der Waals surface area contributed by atoms with Gasteiger partial charge in [0.1, 0.15) is 12.1 Å². The van der Waals surface area contributed by atoms with Crippen molar-refractivity contribution in [2.75, 3.05) is 18.6 Å². The van der Waals surface area contributed by atoms with Gasteiger partial charge >= 0.3 is 6.18 Å². The molecule has 5 nitrogen and oxygen atoms in total. The van der Waals surface area contributed by atoms with Crippen molar-refractivity contribution >= 4 is 47.2 Å². The van der Waals surface area contributed by atoms with E-state index in [1.807, 2.05) is 0 Å². The number of imide groups is 1. The van der Waals surface area contributed by atoms with Gasteiger partial charge in [-0.2, -0.15) is 13.2 Å². The average Bonchev–Trinajstić information content (AvgIpc) is 2.57. The van der Waals surface area contributed by atoms with Crippen LogP contribution in [-0.2, 0) is 19.1 Å². The number of alkyl halides is 3. The van der Waals surface area contributed by atoms with E-state index in [-0.39, 0.29) is 27.5 Å². The molecule has 0 aliphatic heterocycles. The summed E-state index contributed by atoms with van der Waals surface area (Å²) >= 11 is 6.83. The van der Waals surface area contributed by atoms with Crippen LogP contribution in [0.2, 0.25) is 5.02 Å². The van der Waals surface area contributed by atoms with Crippen LogP contribution in [0.4, 0.5) is 23.2 Å². The summed E-state index contributed by atoms with van der Waals surface area (Å²) in [4.78, 5) is 35.6. The molecule has 0 saturated heterocycles. The maximum absolute atomic E-state index is 14.4. The molecule has 28 heavy (non-hydrogen) atoms. The zero-order valence-electron chi connectivity index (χ0n) is 15.0. The van der Waals surface area contributed by atoms with Gasteiger partial charge < -0.3 is 9.53 Å². The van der Waals surface area contributed by atoms with Crippen LogP contribution in [0, 0.1) is 5.82 Å². The zero-order chi connectivity index (χ0) is 21.6. The number of aldehydes is 1. The van der Waals surface area contributed by atoms with Crippen molar-refractivity contribution in [3.8, 4) is 0 Å². The lowest BCUT2D eigenvalue weighted by Gasteiger charge is -2.21. The van der Waals surface area contributed by atoms with E-state index in [1.165, 1.54) is 7.11 Å². The first kappa shape index (κ1) is 24.1. The predicted octanol–water partition coefficient (Wildman–Crippen LogP) is 4.17. The van der Waals surface area contributed by atoms with Gasteiger partial charge in [-0.3, -0.25) is 9.59 Å². The number of hydrogen-bond acceptors (Lipinski definition) is 5. The van der Waals surface area contributed by atoms with Crippen molar-refractivity contribution < 1.29 is 36.7 Å². The summed E-state index contributed by atoms with van der Waals surface area (Å²) in [6.07, 6.45) is -4.02. The van der Waals surface area contributed by atoms with Crippen LogP contribution in [0.15, 0.2) is 28.7 Å². The highest BCUT2D eigenvalue weighted by Gasteiger charge is 2.32. The molecule has 1 unspecified atom stereocenters. The molecule has 0 N–H and O–H groups in total. The number of allylic oxidation sites excluding steroid dienone is 1. The molecule has 0 aliphatic carbocycles. The maximum Gasteiger partial charge on any atom is 0.412 e. The molecule has 0 heterocycles. The Kier molecular flexibility index (Phi) is 8.65. The van der Waals surface area contributed by atoms with Crippen LogP contribution in [0.3, 0.4) is 0 Å². The van der Waals surface area contributed by atoms with Gasteiger partial charge in [-0.05, 0) is 19.1 Å². The van der Waals surface area contributed by atoms with Crippen molar-refractivity contribution in [1.29, 1.82) is 0 Å². The van der Waals surface area contributed by atoms with Crippen molar-refractivity contribution in [1.82, 2.24) is 0 Å². The third-order valence-corrected chi connectivity index (χ3v) is 4.89. The molecule has 0 aromatic heterocycles. The van der Waals surface area contributed by atoms with Gasteiger partial charge in [0.2, 0.25) is 5.91 Å². The van der Waals surface area contributed by atoms with E-state index >= 15 is 0 Å². The number of amides is 2. The number of thioether (sulfide) groups is 1. The molecule has 1 atom stereocenters. The van der Waals surface area contributed by atoms with Crippen LogP contribution in [0.5, 0.6) is 0 Å². The number of carbonyl (C=O) groups excluding carboxylic acids is 3. The number of nitrogens with zero attached hydrogens (tertiary/aromatic N) is 1. The van der Waals surface area contributed by atoms with Crippen molar-refractivity contribution in [3.63, 3.8) is 0 Å². The fourth-order valence-corrected chi connectivity index (χ4v) is 3.20. The molecule has 11 heteroatoms. The Hall–Kier alpha value is -1.91. The predicted molar refractivity (Wildman–Crippen MR) is 97.0 cm³/mol. The first-order chi connectivity index (χ1) is 12.9. The minimum absolute atomic E-state index is 0.0140. The van der Waals surface area contributed by atoms with Crippen LogP contribution in [-0.4, -0.2) is 43.2 Å². The fraction of sp³-hybridized carbons (Fsp3) is 0.353. The summed E-state index contributed by atoms with van der Waals surface area (Å²) in [6, 6.07) is 1.82. The minimum atomic E-state index is -4.78. The number of ether oxygens (including phenoxy) is 1. The first-order valence-corrected chi connectivity index (χ1v) is 8.88. The Balaban J connectivity index is 3.40. The van der Waals surface area contributed by atoms with E-state index in [4.69, 9.17) is 16.3 Å². The largest absolute Gasteiger partial charge is 0.412 e. The molecule has 1 aromatic carbocycles. The lowest BCUT2D eigenvalue weighted by molar-refractivity contribution is -0.123. The van der Waals surface area contributed by atoms with Gasteiger partial charge in [-0.15, -0.1) is 11.8 Å². The van der Waals surface area contributed by atoms with Crippen molar-refractivity contribution in [2.24, 2.45) is 0 Å². The third kappa shape index (κ3) is 6.32. The van der Waals surface area contributed by atoms with Crippen LogP contribution < -0.4 is 4.90 Å². The number of benzene rings is 1. The number of rotatable bonds is 7. The van der Waals surface area contributed by atoms with Gasteiger partial charge in [0.15, 0.2) is 0 Å². The Bertz CT molecular complexity index is 798. The second kappa shape index (κ2) is 10.0. The lowest BCUT2D eigenvalue weighted by Crippen LogP contribution is -2.35. The quantitative estimate of drug-likeness (QED) is 0.275. The number of carbonyl (C=O) groups is 3. The molecule has 154 valence electrons. The summed E-state index contributed by atoms with van der Waals surface area (Å²) in [6.45, 7) is 1.56. The molecule has 0 fully saturated rings. The smallest absolute Gasteiger partial charge is 0.383 e. The maximum atomic E-state index is 14.4. The summed E-state index contributed by atoms with van der Waals surface area (Å²) < 4.78 is 57.2. The Morgan fingerprint density at radius 3 is 2.39 bits per heavy atom. The van der Waals surface area contributed by atoms with Gasteiger partial charge in [0.05, 0.1) is 22.6 Å². The third-order valence-electron chi connectivity index (χ3n) is 3.33. The molecule has 0 aliphatic rings. The van der Waals surface area contributed by atoms with Crippen molar-refractivity contribution in [2.45, 2.75) is 30.2 Å². The van der Waals surface area contributed by atoms with E-state index in [2.05, 4.69) is 0 Å². The van der Waals surface area contributed by atoms with Gasteiger partial charge in [-0.25, -0.2) is 9.29 Å². The molecule has 0 bridgehead atoms. The van der Waals surface area contributed by atoms with E-state index < -0.39 is 40.3 Å². The second-order valence-corrected chi connectivity index (χ2v) is 7.19. The van der Waals surface area contributed by atoms with Crippen LogP contribution in [0.25, 0.3) is 0 Å². The highest BCUT2D eigenvalue weighted by Crippen LogP contribution is 2.36. The number of methoxy groups -OCH3 is 1. The number of hydrogen-bond donors (Lipinski definition) is 0. The Labute approximate surface area is 167 Å². The lowest BCUT2D eigenvalue weighted by atomic mass is 10.2. The molecule has 0 radical (unpaired) electrons. The van der Waals surface area contributed by atoms with E-state index in [0.29, 0.717) is 13.2 Å². The number of anilines is 1. The van der Waals surface area contributed by atoms with E-state index in [9.17, 15) is 31.9 Å². The normalized spacial score (nSPS) is 13.2.